The van der Waals surface area contributed by atoms with Crippen LogP contribution in [0.1, 0.15) is 57.9 Å². The zero-order valence-corrected chi connectivity index (χ0v) is 20.9. The molecule has 5 rings (SSSR count). The Labute approximate surface area is 211 Å². The minimum atomic E-state index is -1.28. The molecule has 0 unspecified atom stereocenters. The average molecular weight is 485 g/mol. The van der Waals surface area contributed by atoms with Gasteiger partial charge in [-0.05, 0) is 86.6 Å². The van der Waals surface area contributed by atoms with E-state index < -0.39 is 17.0 Å². The third-order valence-corrected chi connectivity index (χ3v) is 7.50. The first-order chi connectivity index (χ1) is 17.3. The van der Waals surface area contributed by atoms with Crippen LogP contribution in [0.25, 0.3) is 10.8 Å². The summed E-state index contributed by atoms with van der Waals surface area (Å²) in [6.45, 7) is 3.07. The minimum absolute atomic E-state index is 0.118. The van der Waals surface area contributed by atoms with Crippen molar-refractivity contribution in [3.8, 4) is 5.75 Å². The summed E-state index contributed by atoms with van der Waals surface area (Å²) in [4.78, 5) is 25.0. The molecule has 0 radical (unpaired) electrons. The number of fused-ring (bicyclic) bond motifs is 1. The molecule has 1 spiro atoms. The van der Waals surface area contributed by atoms with Crippen molar-refractivity contribution in [2.45, 2.75) is 64.4 Å². The number of nitrogens with zero attached hydrogens (tertiary/aromatic N) is 2. The number of hydrogen-bond donors (Lipinski definition) is 1. The number of hydrogen-bond acceptors (Lipinski definition) is 4. The van der Waals surface area contributed by atoms with Crippen molar-refractivity contribution in [1.29, 1.82) is 0 Å². The van der Waals surface area contributed by atoms with E-state index in [-0.39, 0.29) is 5.91 Å². The number of anilines is 1. The van der Waals surface area contributed by atoms with Crippen LogP contribution in [0.2, 0.25) is 0 Å². The van der Waals surface area contributed by atoms with Crippen molar-refractivity contribution < 1.29 is 19.4 Å². The third-order valence-electron chi connectivity index (χ3n) is 7.50. The van der Waals surface area contributed by atoms with E-state index in [1.807, 2.05) is 42.5 Å². The Morgan fingerprint density at radius 1 is 1.00 bits per heavy atom. The average Bonchev–Trinajstić information content (AvgIpc) is 3.46. The van der Waals surface area contributed by atoms with Gasteiger partial charge in [-0.25, -0.2) is 4.79 Å². The van der Waals surface area contributed by atoms with Gasteiger partial charge in [0.2, 0.25) is 0 Å². The van der Waals surface area contributed by atoms with Crippen LogP contribution in [-0.4, -0.2) is 28.3 Å². The zero-order valence-electron chi connectivity index (χ0n) is 20.9. The molecule has 0 aromatic heterocycles. The molecule has 3 aromatic carbocycles. The molecule has 1 amide bonds. The number of hydrazone groups is 1. The number of aryl methyl sites for hydroxylation is 1. The maximum absolute atomic E-state index is 13.7. The van der Waals surface area contributed by atoms with Gasteiger partial charge in [0.1, 0.15) is 5.75 Å². The third kappa shape index (κ3) is 4.48. The van der Waals surface area contributed by atoms with Crippen LogP contribution < -0.4 is 9.75 Å². The molecule has 6 heteroatoms. The summed E-state index contributed by atoms with van der Waals surface area (Å²) in [6.07, 6.45) is 6.39. The number of aliphatic carboxylic acids is 1. The lowest BCUT2D eigenvalue weighted by molar-refractivity contribution is -0.152. The van der Waals surface area contributed by atoms with Gasteiger partial charge in [0.15, 0.2) is 5.60 Å². The smallest absolute Gasteiger partial charge is 0.347 e. The highest BCUT2D eigenvalue weighted by atomic mass is 16.5. The van der Waals surface area contributed by atoms with E-state index in [1.165, 1.54) is 13.8 Å². The highest BCUT2D eigenvalue weighted by Gasteiger charge is 2.52. The molecule has 2 aliphatic rings. The van der Waals surface area contributed by atoms with E-state index in [9.17, 15) is 14.7 Å². The first-order valence-corrected chi connectivity index (χ1v) is 12.7. The topological polar surface area (TPSA) is 79.2 Å². The van der Waals surface area contributed by atoms with Crippen molar-refractivity contribution in [1.82, 2.24) is 0 Å². The molecule has 1 aliphatic carbocycles. The fourth-order valence-corrected chi connectivity index (χ4v) is 5.36. The number of carboxylic acids is 1. The van der Waals surface area contributed by atoms with E-state index >= 15 is 0 Å². The Bertz CT molecular complexity index is 1320. The minimum Gasteiger partial charge on any atom is -0.478 e. The van der Waals surface area contributed by atoms with Crippen molar-refractivity contribution in [3.05, 3.63) is 72.3 Å². The summed E-state index contributed by atoms with van der Waals surface area (Å²) in [6, 6.07) is 21.8. The number of benzene rings is 3. The molecular weight excluding hydrogens is 452 g/mol. The van der Waals surface area contributed by atoms with Crippen LogP contribution in [0.4, 0.5) is 5.69 Å². The quantitative estimate of drug-likeness (QED) is 0.403. The Morgan fingerprint density at radius 3 is 2.39 bits per heavy atom. The van der Waals surface area contributed by atoms with Crippen LogP contribution in [0.5, 0.6) is 5.75 Å². The number of carboxylic acid groups (broad SMARTS) is 1. The Kier molecular flexibility index (Phi) is 6.29. The van der Waals surface area contributed by atoms with Gasteiger partial charge in [0.25, 0.3) is 5.91 Å². The summed E-state index contributed by atoms with van der Waals surface area (Å²) in [5.74, 6) is -0.349. The number of carbonyl (C=O) groups is 2. The van der Waals surface area contributed by atoms with Crippen molar-refractivity contribution >= 4 is 34.0 Å². The van der Waals surface area contributed by atoms with Crippen molar-refractivity contribution in [2.75, 3.05) is 5.01 Å². The molecule has 36 heavy (non-hydrogen) atoms. The maximum Gasteiger partial charge on any atom is 0.347 e. The van der Waals surface area contributed by atoms with Crippen molar-refractivity contribution in [2.24, 2.45) is 10.5 Å². The maximum atomic E-state index is 13.7. The molecule has 0 saturated heterocycles. The van der Waals surface area contributed by atoms with Gasteiger partial charge < -0.3 is 9.84 Å². The molecule has 1 heterocycles. The van der Waals surface area contributed by atoms with Gasteiger partial charge in [0, 0.05) is 0 Å². The molecule has 3 aromatic rings. The highest BCUT2D eigenvalue weighted by Crippen LogP contribution is 2.47. The van der Waals surface area contributed by atoms with Gasteiger partial charge in [-0.3, -0.25) is 4.79 Å². The lowest BCUT2D eigenvalue weighted by Gasteiger charge is -2.24. The summed E-state index contributed by atoms with van der Waals surface area (Å²) >= 11 is 0. The SMILES string of the molecule is CC(C)(Oc1ccc(CCCC2=NN(c3ccc4ccccc4c3)C(=O)C23CCCC3)cc1)C(=O)O. The monoisotopic (exact) mass is 484 g/mol. The van der Waals surface area contributed by atoms with Crippen LogP contribution in [0.15, 0.2) is 71.8 Å². The van der Waals surface area contributed by atoms with Gasteiger partial charge >= 0.3 is 5.97 Å². The second-order valence-corrected chi connectivity index (χ2v) is 10.4. The second-order valence-electron chi connectivity index (χ2n) is 10.4. The Balaban J connectivity index is 1.29. The number of amides is 1. The predicted octanol–water partition coefficient (Wildman–Crippen LogP) is 6.37. The predicted molar refractivity (Wildman–Crippen MR) is 141 cm³/mol. The van der Waals surface area contributed by atoms with Crippen LogP contribution in [0, 0.1) is 5.41 Å². The molecule has 1 fully saturated rings. The van der Waals surface area contributed by atoms with E-state index in [1.54, 1.807) is 5.01 Å². The molecule has 0 atom stereocenters. The van der Waals surface area contributed by atoms with E-state index in [4.69, 9.17) is 9.84 Å². The molecule has 1 saturated carbocycles. The van der Waals surface area contributed by atoms with E-state index in [0.717, 1.165) is 72.7 Å². The van der Waals surface area contributed by atoms with Gasteiger partial charge in [-0.2, -0.15) is 10.1 Å². The van der Waals surface area contributed by atoms with Gasteiger partial charge in [-0.15, -0.1) is 0 Å². The van der Waals surface area contributed by atoms with E-state index in [0.29, 0.717) is 5.75 Å². The number of ether oxygens (including phenoxy) is 1. The van der Waals surface area contributed by atoms with Crippen LogP contribution in [0.3, 0.4) is 0 Å². The fraction of sp³-hybridized carbons (Fsp3) is 0.367. The summed E-state index contributed by atoms with van der Waals surface area (Å²) in [7, 11) is 0. The van der Waals surface area contributed by atoms with Crippen LogP contribution in [-0.2, 0) is 16.0 Å². The second kappa shape index (κ2) is 9.41. The normalized spacial score (nSPS) is 17.1. The molecule has 1 N–H and O–H groups in total. The van der Waals surface area contributed by atoms with Crippen LogP contribution >= 0.6 is 0 Å². The molecule has 1 aliphatic heterocycles. The van der Waals surface area contributed by atoms with Gasteiger partial charge in [0.05, 0.1) is 16.8 Å². The fourth-order valence-electron chi connectivity index (χ4n) is 5.36. The molecule has 0 bridgehead atoms. The highest BCUT2D eigenvalue weighted by molar-refractivity contribution is 6.19. The molecule has 186 valence electrons. The number of carbonyl (C=O) groups excluding carboxylic acids is 1. The lowest BCUT2D eigenvalue weighted by atomic mass is 9.78. The first kappa shape index (κ1) is 24.0. The van der Waals surface area contributed by atoms with Crippen molar-refractivity contribution in [3.63, 3.8) is 0 Å². The Morgan fingerprint density at radius 2 is 1.69 bits per heavy atom. The van der Waals surface area contributed by atoms with E-state index in [2.05, 4.69) is 24.3 Å². The number of rotatable bonds is 8. The first-order valence-electron chi connectivity index (χ1n) is 12.7. The van der Waals surface area contributed by atoms with Gasteiger partial charge in [-0.1, -0.05) is 55.3 Å². The standard InChI is InChI=1S/C30H32N2O4/c1-29(2,28(34)35)36-25-16-12-21(13-17-25)8-7-11-26-30(18-5-6-19-30)27(33)32(31-26)24-15-14-22-9-3-4-10-23(22)20-24/h3-4,9-10,12-17,20H,5-8,11,18-19H2,1-2H3,(H,34,35). The lowest BCUT2D eigenvalue weighted by Crippen LogP contribution is -2.37. The zero-order chi connectivity index (χ0) is 25.3. The molecule has 6 nitrogen and oxygen atoms in total. The molecular formula is C30H32N2O4. The summed E-state index contributed by atoms with van der Waals surface area (Å²) in [5, 5.41) is 18.1. The summed E-state index contributed by atoms with van der Waals surface area (Å²) in [5.41, 5.74) is 1.26. The Hall–Kier alpha value is -3.67. The largest absolute Gasteiger partial charge is 0.478 e. The summed E-state index contributed by atoms with van der Waals surface area (Å²) < 4.78 is 5.60.